The summed E-state index contributed by atoms with van der Waals surface area (Å²) < 4.78 is 12.2. The van der Waals surface area contributed by atoms with E-state index in [0.717, 1.165) is 16.7 Å². The SMILES string of the molecule is COc1cccc(CC(C(=O)NCc2noc(-c3ccccc3C)n2)n2nnnc2C)c1. The quantitative estimate of drug-likeness (QED) is 0.450. The molecule has 4 aromatic rings. The van der Waals surface area contributed by atoms with Crippen molar-refractivity contribution < 1.29 is 14.1 Å². The second-order valence-electron chi connectivity index (χ2n) is 7.29. The first-order chi connectivity index (χ1) is 15.5. The Kier molecular flexibility index (Phi) is 6.20. The lowest BCUT2D eigenvalue weighted by atomic mass is 10.0. The standard InChI is InChI=1S/C22H23N7O3/c1-14-7-4-5-10-18(14)22-24-20(26-32-22)13-23-21(30)19(29-15(2)25-27-28-29)12-16-8-6-9-17(11-16)31-3/h4-11,19H,12-13H2,1-3H3,(H,23,30). The summed E-state index contributed by atoms with van der Waals surface area (Å²) in [7, 11) is 1.60. The van der Waals surface area contributed by atoms with E-state index in [9.17, 15) is 4.79 Å². The molecule has 1 atom stereocenters. The van der Waals surface area contributed by atoms with E-state index < -0.39 is 6.04 Å². The van der Waals surface area contributed by atoms with Gasteiger partial charge in [-0.1, -0.05) is 35.5 Å². The molecule has 4 rings (SSSR count). The first-order valence-corrected chi connectivity index (χ1v) is 10.1. The van der Waals surface area contributed by atoms with Gasteiger partial charge in [0.1, 0.15) is 17.6 Å². The van der Waals surface area contributed by atoms with Crippen molar-refractivity contribution in [1.82, 2.24) is 35.7 Å². The maximum atomic E-state index is 13.1. The summed E-state index contributed by atoms with van der Waals surface area (Å²) in [5.41, 5.74) is 2.80. The Morgan fingerprint density at radius 1 is 1.19 bits per heavy atom. The molecular weight excluding hydrogens is 410 g/mol. The van der Waals surface area contributed by atoms with Crippen molar-refractivity contribution in [2.75, 3.05) is 7.11 Å². The number of methoxy groups -OCH3 is 1. The fourth-order valence-corrected chi connectivity index (χ4v) is 3.37. The summed E-state index contributed by atoms with van der Waals surface area (Å²) >= 11 is 0. The Bertz CT molecular complexity index is 1220. The van der Waals surface area contributed by atoms with E-state index in [1.165, 1.54) is 4.68 Å². The van der Waals surface area contributed by atoms with Gasteiger partial charge in [-0.15, -0.1) is 5.10 Å². The van der Waals surface area contributed by atoms with Crippen LogP contribution in [0.3, 0.4) is 0 Å². The molecule has 0 aliphatic rings. The minimum absolute atomic E-state index is 0.115. The van der Waals surface area contributed by atoms with Crippen LogP contribution in [-0.4, -0.2) is 43.4 Å². The zero-order valence-electron chi connectivity index (χ0n) is 18.0. The summed E-state index contributed by atoms with van der Waals surface area (Å²) in [4.78, 5) is 17.5. The topological polar surface area (TPSA) is 121 Å². The fraction of sp³-hybridized carbons (Fsp3) is 0.273. The van der Waals surface area contributed by atoms with Crippen molar-refractivity contribution >= 4 is 5.91 Å². The molecule has 32 heavy (non-hydrogen) atoms. The molecule has 1 amide bonds. The average molecular weight is 433 g/mol. The number of nitrogens with one attached hydrogen (secondary N) is 1. The summed E-state index contributed by atoms with van der Waals surface area (Å²) in [5, 5.41) is 18.5. The number of amides is 1. The predicted molar refractivity (Wildman–Crippen MR) is 115 cm³/mol. The number of aryl methyl sites for hydroxylation is 2. The highest BCUT2D eigenvalue weighted by Gasteiger charge is 2.25. The second kappa shape index (κ2) is 9.38. The minimum atomic E-state index is -0.653. The van der Waals surface area contributed by atoms with Gasteiger partial charge in [-0.2, -0.15) is 4.98 Å². The summed E-state index contributed by atoms with van der Waals surface area (Å²) in [6, 6.07) is 14.6. The molecule has 10 nitrogen and oxygen atoms in total. The molecule has 0 aliphatic heterocycles. The monoisotopic (exact) mass is 433 g/mol. The van der Waals surface area contributed by atoms with Crippen LogP contribution in [0.1, 0.15) is 28.8 Å². The molecule has 0 saturated heterocycles. The molecular formula is C22H23N7O3. The van der Waals surface area contributed by atoms with Crippen LogP contribution in [-0.2, 0) is 17.8 Å². The summed E-state index contributed by atoms with van der Waals surface area (Å²) in [6.07, 6.45) is 0.385. The van der Waals surface area contributed by atoms with Gasteiger partial charge in [0.05, 0.1) is 13.7 Å². The Labute approximate surface area is 184 Å². The van der Waals surface area contributed by atoms with Crippen molar-refractivity contribution in [2.45, 2.75) is 32.9 Å². The molecule has 0 radical (unpaired) electrons. The third-order valence-corrected chi connectivity index (χ3v) is 5.08. The van der Waals surface area contributed by atoms with Crippen LogP contribution in [0.15, 0.2) is 53.1 Å². The molecule has 0 spiro atoms. The van der Waals surface area contributed by atoms with Gasteiger partial charge in [-0.3, -0.25) is 4.79 Å². The van der Waals surface area contributed by atoms with Crippen molar-refractivity contribution in [2.24, 2.45) is 0 Å². The average Bonchev–Trinajstić information content (AvgIpc) is 3.45. The van der Waals surface area contributed by atoms with Gasteiger partial charge in [-0.05, 0) is 53.6 Å². The fourth-order valence-electron chi connectivity index (χ4n) is 3.37. The van der Waals surface area contributed by atoms with Gasteiger partial charge in [0.25, 0.3) is 5.89 Å². The maximum Gasteiger partial charge on any atom is 0.258 e. The number of ether oxygens (including phenoxy) is 1. The molecule has 164 valence electrons. The molecule has 1 N–H and O–H groups in total. The zero-order valence-corrected chi connectivity index (χ0v) is 18.0. The number of carbonyl (C=O) groups excluding carboxylic acids is 1. The van der Waals surface area contributed by atoms with E-state index in [1.807, 2.05) is 55.5 Å². The number of tetrazole rings is 1. The van der Waals surface area contributed by atoms with E-state index in [1.54, 1.807) is 14.0 Å². The van der Waals surface area contributed by atoms with Gasteiger partial charge >= 0.3 is 0 Å². The normalized spacial score (nSPS) is 11.8. The lowest BCUT2D eigenvalue weighted by molar-refractivity contribution is -0.124. The second-order valence-corrected chi connectivity index (χ2v) is 7.29. The van der Waals surface area contributed by atoms with E-state index in [0.29, 0.717) is 29.7 Å². The van der Waals surface area contributed by atoms with Crippen LogP contribution in [0, 0.1) is 13.8 Å². The number of hydrogen-bond acceptors (Lipinski definition) is 8. The van der Waals surface area contributed by atoms with Crippen molar-refractivity contribution in [3.63, 3.8) is 0 Å². The van der Waals surface area contributed by atoms with Gasteiger partial charge in [0.2, 0.25) is 5.91 Å². The third kappa shape index (κ3) is 4.64. The number of benzene rings is 2. The number of rotatable bonds is 8. The van der Waals surface area contributed by atoms with E-state index in [2.05, 4.69) is 31.0 Å². The van der Waals surface area contributed by atoms with Crippen LogP contribution in [0.25, 0.3) is 11.5 Å². The first kappa shape index (κ1) is 21.2. The maximum absolute atomic E-state index is 13.1. The number of nitrogens with zero attached hydrogens (tertiary/aromatic N) is 6. The highest BCUT2D eigenvalue weighted by Crippen LogP contribution is 2.22. The van der Waals surface area contributed by atoms with Gasteiger partial charge in [0, 0.05) is 12.0 Å². The highest BCUT2D eigenvalue weighted by molar-refractivity contribution is 5.80. The summed E-state index contributed by atoms with van der Waals surface area (Å²) in [5.74, 6) is 1.78. The van der Waals surface area contributed by atoms with Crippen molar-refractivity contribution in [3.8, 4) is 17.2 Å². The first-order valence-electron chi connectivity index (χ1n) is 10.1. The summed E-state index contributed by atoms with van der Waals surface area (Å²) in [6.45, 7) is 3.84. The lowest BCUT2D eigenvalue weighted by Gasteiger charge is -2.17. The molecule has 0 saturated carbocycles. The molecule has 0 aliphatic carbocycles. The predicted octanol–water partition coefficient (Wildman–Crippen LogP) is 2.45. The Balaban J connectivity index is 1.49. The van der Waals surface area contributed by atoms with Crippen molar-refractivity contribution in [1.29, 1.82) is 0 Å². The van der Waals surface area contributed by atoms with Gasteiger partial charge in [0.15, 0.2) is 5.82 Å². The van der Waals surface area contributed by atoms with Gasteiger partial charge in [-0.25, -0.2) is 4.68 Å². The van der Waals surface area contributed by atoms with Crippen molar-refractivity contribution in [3.05, 3.63) is 71.3 Å². The molecule has 2 aromatic heterocycles. The van der Waals surface area contributed by atoms with Crippen LogP contribution in [0.4, 0.5) is 0 Å². The Hall–Kier alpha value is -4.08. The zero-order chi connectivity index (χ0) is 22.5. The number of carbonyl (C=O) groups is 1. The molecule has 0 fully saturated rings. The molecule has 1 unspecified atom stereocenters. The smallest absolute Gasteiger partial charge is 0.258 e. The lowest BCUT2D eigenvalue weighted by Crippen LogP contribution is -2.35. The number of hydrogen-bond donors (Lipinski definition) is 1. The highest BCUT2D eigenvalue weighted by atomic mass is 16.5. The van der Waals surface area contributed by atoms with E-state index in [-0.39, 0.29) is 12.5 Å². The number of aromatic nitrogens is 6. The van der Waals surface area contributed by atoms with Gasteiger partial charge < -0.3 is 14.6 Å². The largest absolute Gasteiger partial charge is 0.497 e. The molecule has 0 bridgehead atoms. The van der Waals surface area contributed by atoms with Crippen LogP contribution >= 0.6 is 0 Å². The van der Waals surface area contributed by atoms with Crippen LogP contribution < -0.4 is 10.1 Å². The Morgan fingerprint density at radius 2 is 2.03 bits per heavy atom. The van der Waals surface area contributed by atoms with Crippen LogP contribution in [0.2, 0.25) is 0 Å². The Morgan fingerprint density at radius 3 is 2.78 bits per heavy atom. The van der Waals surface area contributed by atoms with E-state index in [4.69, 9.17) is 9.26 Å². The minimum Gasteiger partial charge on any atom is -0.497 e. The van der Waals surface area contributed by atoms with Crippen LogP contribution in [0.5, 0.6) is 5.75 Å². The molecule has 10 heteroatoms. The van der Waals surface area contributed by atoms with E-state index >= 15 is 0 Å². The third-order valence-electron chi connectivity index (χ3n) is 5.08. The molecule has 2 aromatic carbocycles. The molecule has 2 heterocycles.